The fraction of sp³-hybridized carbons (Fsp3) is 0.286. The van der Waals surface area contributed by atoms with Gasteiger partial charge < -0.3 is 20.0 Å². The lowest BCUT2D eigenvalue weighted by Crippen LogP contribution is -2.29. The Balaban J connectivity index is 2.76. The van der Waals surface area contributed by atoms with Crippen molar-refractivity contribution in [3.8, 4) is 23.8 Å². The van der Waals surface area contributed by atoms with Crippen LogP contribution in [0.5, 0.6) is 11.5 Å². The summed E-state index contributed by atoms with van der Waals surface area (Å²) in [4.78, 5) is 11.4. The summed E-state index contributed by atoms with van der Waals surface area (Å²) < 4.78 is 10.5. The largest absolute Gasteiger partial charge is 0.493 e. The lowest BCUT2D eigenvalue weighted by atomic mass is 10.1. The molecule has 1 aromatic carbocycles. The van der Waals surface area contributed by atoms with Gasteiger partial charge >= 0.3 is 0 Å². The molecule has 2 N–H and O–H groups in total. The summed E-state index contributed by atoms with van der Waals surface area (Å²) in [6, 6.07) is 4.99. The standard InChI is InChI=1S/C14H16N2O4/c1-4-7-15-14(17)9-20-12-6-5-11(10(2)16-18)8-13(12)19-3/h1,5-6,8,18H,7,9H2,2-3H3,(H,15,17)/b16-10+. The number of hydrogen-bond acceptors (Lipinski definition) is 5. The Hall–Kier alpha value is -2.68. The molecule has 0 aliphatic carbocycles. The summed E-state index contributed by atoms with van der Waals surface area (Å²) in [6.07, 6.45) is 5.03. The highest BCUT2D eigenvalue weighted by atomic mass is 16.5. The number of ether oxygens (including phenoxy) is 2. The number of carbonyl (C=O) groups is 1. The fourth-order valence-corrected chi connectivity index (χ4v) is 1.41. The third-order valence-corrected chi connectivity index (χ3v) is 2.48. The van der Waals surface area contributed by atoms with Gasteiger partial charge in [-0.05, 0) is 25.1 Å². The van der Waals surface area contributed by atoms with Crippen molar-refractivity contribution >= 4 is 11.6 Å². The topological polar surface area (TPSA) is 80.2 Å². The van der Waals surface area contributed by atoms with Crippen LogP contribution < -0.4 is 14.8 Å². The Morgan fingerprint density at radius 3 is 2.85 bits per heavy atom. The first kappa shape index (κ1) is 15.4. The summed E-state index contributed by atoms with van der Waals surface area (Å²) in [5, 5.41) is 14.3. The molecule has 0 atom stereocenters. The van der Waals surface area contributed by atoms with Gasteiger partial charge in [0.05, 0.1) is 19.4 Å². The van der Waals surface area contributed by atoms with Gasteiger partial charge in [-0.2, -0.15) is 0 Å². The van der Waals surface area contributed by atoms with Gasteiger partial charge in [0.15, 0.2) is 18.1 Å². The van der Waals surface area contributed by atoms with E-state index in [4.69, 9.17) is 21.1 Å². The third-order valence-electron chi connectivity index (χ3n) is 2.48. The van der Waals surface area contributed by atoms with Crippen LogP contribution in [0.4, 0.5) is 0 Å². The first-order valence-corrected chi connectivity index (χ1v) is 5.82. The molecule has 1 rings (SSSR count). The SMILES string of the molecule is C#CCNC(=O)COc1ccc(/C(C)=N/O)cc1OC. The van der Waals surface area contributed by atoms with Gasteiger partial charge in [-0.1, -0.05) is 11.1 Å². The summed E-state index contributed by atoms with van der Waals surface area (Å²) >= 11 is 0. The first-order valence-electron chi connectivity index (χ1n) is 5.82. The molecule has 1 aromatic rings. The van der Waals surface area contributed by atoms with Crippen molar-refractivity contribution in [2.24, 2.45) is 5.16 Å². The van der Waals surface area contributed by atoms with Crippen LogP contribution in [0.1, 0.15) is 12.5 Å². The Bertz CT molecular complexity index is 547. The lowest BCUT2D eigenvalue weighted by Gasteiger charge is -2.11. The maximum Gasteiger partial charge on any atom is 0.258 e. The highest BCUT2D eigenvalue weighted by molar-refractivity contribution is 5.98. The normalized spacial score (nSPS) is 10.6. The van der Waals surface area contributed by atoms with E-state index in [1.54, 1.807) is 25.1 Å². The molecule has 0 fully saturated rings. The molecular weight excluding hydrogens is 260 g/mol. The van der Waals surface area contributed by atoms with E-state index in [2.05, 4.69) is 16.4 Å². The molecule has 106 valence electrons. The minimum absolute atomic E-state index is 0.157. The number of carbonyl (C=O) groups excluding carboxylic acids is 1. The van der Waals surface area contributed by atoms with Crippen LogP contribution in [-0.2, 0) is 4.79 Å². The van der Waals surface area contributed by atoms with Crippen molar-refractivity contribution in [2.45, 2.75) is 6.92 Å². The van der Waals surface area contributed by atoms with Crippen LogP contribution in [0, 0.1) is 12.3 Å². The second-order valence-electron chi connectivity index (χ2n) is 3.82. The number of nitrogens with one attached hydrogen (secondary N) is 1. The highest BCUT2D eigenvalue weighted by Gasteiger charge is 2.09. The molecule has 0 spiro atoms. The number of benzene rings is 1. The van der Waals surface area contributed by atoms with Crippen LogP contribution in [0.25, 0.3) is 0 Å². The molecule has 0 saturated carbocycles. The van der Waals surface area contributed by atoms with E-state index in [0.29, 0.717) is 22.8 Å². The Morgan fingerprint density at radius 1 is 1.50 bits per heavy atom. The quantitative estimate of drug-likeness (QED) is 0.352. The van der Waals surface area contributed by atoms with Crippen molar-refractivity contribution < 1.29 is 19.5 Å². The summed E-state index contributed by atoms with van der Waals surface area (Å²) in [5.41, 5.74) is 1.13. The Kier molecular flexibility index (Phi) is 5.91. The van der Waals surface area contributed by atoms with E-state index in [0.717, 1.165) is 0 Å². The van der Waals surface area contributed by atoms with Gasteiger partial charge in [0, 0.05) is 5.56 Å². The number of terminal acetylenes is 1. The predicted octanol–water partition coefficient (Wildman–Crippen LogP) is 1.02. The van der Waals surface area contributed by atoms with Crippen molar-refractivity contribution in [3.05, 3.63) is 23.8 Å². The average molecular weight is 276 g/mol. The monoisotopic (exact) mass is 276 g/mol. The molecule has 20 heavy (non-hydrogen) atoms. The average Bonchev–Trinajstić information content (AvgIpc) is 2.49. The van der Waals surface area contributed by atoms with Crippen molar-refractivity contribution in [3.63, 3.8) is 0 Å². The molecule has 1 amide bonds. The number of nitrogens with zero attached hydrogens (tertiary/aromatic N) is 1. The molecule has 0 aliphatic heterocycles. The van der Waals surface area contributed by atoms with Crippen molar-refractivity contribution in [2.75, 3.05) is 20.3 Å². The summed E-state index contributed by atoms with van der Waals surface area (Å²) in [7, 11) is 1.48. The zero-order valence-electron chi connectivity index (χ0n) is 11.3. The Labute approximate surface area is 117 Å². The Morgan fingerprint density at radius 2 is 2.25 bits per heavy atom. The van der Waals surface area contributed by atoms with Crippen molar-refractivity contribution in [1.82, 2.24) is 5.32 Å². The number of methoxy groups -OCH3 is 1. The zero-order chi connectivity index (χ0) is 15.0. The number of oxime groups is 1. The van der Waals surface area contributed by atoms with Crippen LogP contribution in [0.15, 0.2) is 23.4 Å². The second-order valence-corrected chi connectivity index (χ2v) is 3.82. The van der Waals surface area contributed by atoms with Crippen LogP contribution >= 0.6 is 0 Å². The summed E-state index contributed by atoms with van der Waals surface area (Å²) in [6.45, 7) is 1.65. The molecule has 0 saturated heterocycles. The third kappa shape index (κ3) is 4.21. The second kappa shape index (κ2) is 7.69. The zero-order valence-corrected chi connectivity index (χ0v) is 11.3. The van der Waals surface area contributed by atoms with E-state index >= 15 is 0 Å². The van der Waals surface area contributed by atoms with Gasteiger partial charge in [0.25, 0.3) is 5.91 Å². The maximum atomic E-state index is 11.4. The molecule has 6 heteroatoms. The van der Waals surface area contributed by atoms with Gasteiger partial charge in [-0.3, -0.25) is 4.79 Å². The molecule has 0 unspecified atom stereocenters. The predicted molar refractivity (Wildman–Crippen MR) is 74.3 cm³/mol. The maximum absolute atomic E-state index is 11.4. The highest BCUT2D eigenvalue weighted by Crippen LogP contribution is 2.28. The molecule has 0 radical (unpaired) electrons. The van der Waals surface area contributed by atoms with Crippen LogP contribution in [0.3, 0.4) is 0 Å². The molecule has 0 aromatic heterocycles. The smallest absolute Gasteiger partial charge is 0.258 e. The molecule has 0 aliphatic rings. The number of amides is 1. The van der Waals surface area contributed by atoms with Crippen LogP contribution in [-0.4, -0.2) is 37.1 Å². The van der Waals surface area contributed by atoms with Crippen molar-refractivity contribution in [1.29, 1.82) is 0 Å². The van der Waals surface area contributed by atoms with E-state index in [1.165, 1.54) is 7.11 Å². The molecule has 0 heterocycles. The van der Waals surface area contributed by atoms with E-state index in [-0.39, 0.29) is 19.1 Å². The molecular formula is C14H16N2O4. The lowest BCUT2D eigenvalue weighted by molar-refractivity contribution is -0.122. The van der Waals surface area contributed by atoms with Gasteiger partial charge in [0.2, 0.25) is 0 Å². The van der Waals surface area contributed by atoms with E-state index < -0.39 is 0 Å². The number of hydrogen-bond donors (Lipinski definition) is 2. The minimum Gasteiger partial charge on any atom is -0.493 e. The number of rotatable bonds is 6. The molecule has 6 nitrogen and oxygen atoms in total. The van der Waals surface area contributed by atoms with E-state index in [1.807, 2.05) is 0 Å². The van der Waals surface area contributed by atoms with Crippen LogP contribution in [0.2, 0.25) is 0 Å². The van der Waals surface area contributed by atoms with Gasteiger partial charge in [-0.15, -0.1) is 6.42 Å². The summed E-state index contributed by atoms with van der Waals surface area (Å²) in [5.74, 6) is 2.83. The molecule has 0 bridgehead atoms. The van der Waals surface area contributed by atoms with Gasteiger partial charge in [0.1, 0.15) is 0 Å². The fourth-order valence-electron chi connectivity index (χ4n) is 1.41. The van der Waals surface area contributed by atoms with E-state index in [9.17, 15) is 4.79 Å². The minimum atomic E-state index is -0.317. The van der Waals surface area contributed by atoms with Gasteiger partial charge in [-0.25, -0.2) is 0 Å². The first-order chi connectivity index (χ1) is 9.62.